The minimum atomic E-state index is 0.176. The summed E-state index contributed by atoms with van der Waals surface area (Å²) in [4.78, 5) is 16.1. The molecule has 0 bridgehead atoms. The summed E-state index contributed by atoms with van der Waals surface area (Å²) in [6, 6.07) is 9.93. The molecule has 2 atom stereocenters. The molecule has 0 aliphatic carbocycles. The van der Waals surface area contributed by atoms with Gasteiger partial charge in [-0.05, 0) is 30.4 Å². The van der Waals surface area contributed by atoms with Crippen molar-refractivity contribution in [3.8, 4) is 11.4 Å². The number of amides is 1. The van der Waals surface area contributed by atoms with Crippen LogP contribution < -0.4 is 5.73 Å². The molecule has 0 spiro atoms. The fourth-order valence-corrected chi connectivity index (χ4v) is 3.47. The molecule has 1 amide bonds. The van der Waals surface area contributed by atoms with Crippen LogP contribution in [0, 0.1) is 5.92 Å². The van der Waals surface area contributed by atoms with Gasteiger partial charge in [-0.15, -0.1) is 10.2 Å². The van der Waals surface area contributed by atoms with Crippen LogP contribution in [0.1, 0.15) is 32.6 Å². The first-order chi connectivity index (χ1) is 12.2. The number of nitrogens with two attached hydrogens (primary N) is 1. The second kappa shape index (κ2) is 8.20. The number of nitrogens with zero attached hydrogens (tertiary/aromatic N) is 5. The number of benzene rings is 1. The van der Waals surface area contributed by atoms with Gasteiger partial charge in [-0.25, -0.2) is 0 Å². The van der Waals surface area contributed by atoms with Gasteiger partial charge in [0.05, 0.1) is 6.54 Å². The van der Waals surface area contributed by atoms with E-state index in [1.165, 1.54) is 0 Å². The van der Waals surface area contributed by atoms with Crippen LogP contribution in [-0.2, 0) is 11.3 Å². The molecule has 0 saturated carbocycles. The zero-order chi connectivity index (χ0) is 17.6. The van der Waals surface area contributed by atoms with E-state index in [1.807, 2.05) is 35.2 Å². The van der Waals surface area contributed by atoms with Crippen molar-refractivity contribution >= 4 is 5.91 Å². The van der Waals surface area contributed by atoms with E-state index in [1.54, 1.807) is 4.80 Å². The highest BCUT2D eigenvalue weighted by atomic mass is 16.2. The van der Waals surface area contributed by atoms with Crippen LogP contribution in [0.5, 0.6) is 0 Å². The monoisotopic (exact) mass is 342 g/mol. The first-order valence-electron chi connectivity index (χ1n) is 9.02. The molecule has 2 N–H and O–H groups in total. The molecule has 25 heavy (non-hydrogen) atoms. The Hall–Kier alpha value is -2.28. The van der Waals surface area contributed by atoms with Gasteiger partial charge in [-0.2, -0.15) is 4.80 Å². The maximum Gasteiger partial charge on any atom is 0.222 e. The number of tetrazole rings is 1. The van der Waals surface area contributed by atoms with E-state index in [0.29, 0.717) is 37.7 Å². The maximum atomic E-state index is 12.5. The van der Waals surface area contributed by atoms with E-state index in [0.717, 1.165) is 24.9 Å². The van der Waals surface area contributed by atoms with Gasteiger partial charge in [-0.3, -0.25) is 4.79 Å². The molecule has 1 aromatic heterocycles. The van der Waals surface area contributed by atoms with Gasteiger partial charge in [0.25, 0.3) is 0 Å². The Kier molecular flexibility index (Phi) is 5.75. The van der Waals surface area contributed by atoms with Crippen molar-refractivity contribution in [1.29, 1.82) is 0 Å². The van der Waals surface area contributed by atoms with Crippen LogP contribution >= 0.6 is 0 Å². The fourth-order valence-electron chi connectivity index (χ4n) is 3.47. The average Bonchev–Trinajstić information content (AvgIpc) is 3.11. The second-order valence-electron chi connectivity index (χ2n) is 6.69. The smallest absolute Gasteiger partial charge is 0.222 e. The molecule has 134 valence electrons. The highest BCUT2D eigenvalue weighted by Gasteiger charge is 2.30. The molecular weight excluding hydrogens is 316 g/mol. The van der Waals surface area contributed by atoms with E-state index < -0.39 is 0 Å². The molecule has 1 fully saturated rings. The Morgan fingerprint density at radius 2 is 2.12 bits per heavy atom. The molecule has 7 nitrogen and oxygen atoms in total. The summed E-state index contributed by atoms with van der Waals surface area (Å²) < 4.78 is 0. The number of likely N-dealkylation sites (tertiary alicyclic amines) is 1. The van der Waals surface area contributed by atoms with Gasteiger partial charge < -0.3 is 10.6 Å². The summed E-state index contributed by atoms with van der Waals surface area (Å²) in [5, 5.41) is 12.5. The standard InChI is InChI=1S/C18H26N6O/c1-14-7-5-11-23(16(14)13-19)17(25)10-6-12-24-21-18(20-22-24)15-8-3-2-4-9-15/h2-4,8-9,14,16H,5-7,10-13,19H2,1H3/t14-,16-/m0/s1. The molecule has 1 aromatic carbocycles. The Labute approximate surface area is 148 Å². The predicted octanol–water partition coefficient (Wildman–Crippen LogP) is 1.71. The second-order valence-corrected chi connectivity index (χ2v) is 6.69. The number of carbonyl (C=O) groups excluding carboxylic acids is 1. The van der Waals surface area contributed by atoms with Gasteiger partial charge in [-0.1, -0.05) is 37.3 Å². The molecule has 0 unspecified atom stereocenters. The highest BCUT2D eigenvalue weighted by Crippen LogP contribution is 2.23. The minimum Gasteiger partial charge on any atom is -0.338 e. The van der Waals surface area contributed by atoms with E-state index in [4.69, 9.17) is 5.73 Å². The van der Waals surface area contributed by atoms with Crippen LogP contribution in [0.25, 0.3) is 11.4 Å². The maximum absolute atomic E-state index is 12.5. The Morgan fingerprint density at radius 1 is 1.32 bits per heavy atom. The van der Waals surface area contributed by atoms with Gasteiger partial charge in [0.15, 0.2) is 0 Å². The normalized spacial score (nSPS) is 20.6. The number of carbonyl (C=O) groups is 1. The van der Waals surface area contributed by atoms with Gasteiger partial charge in [0.1, 0.15) is 0 Å². The number of piperidine rings is 1. The lowest BCUT2D eigenvalue weighted by Gasteiger charge is -2.39. The highest BCUT2D eigenvalue weighted by molar-refractivity contribution is 5.76. The zero-order valence-electron chi connectivity index (χ0n) is 14.7. The van der Waals surface area contributed by atoms with Crippen LogP contribution in [0.3, 0.4) is 0 Å². The largest absolute Gasteiger partial charge is 0.338 e. The van der Waals surface area contributed by atoms with E-state index >= 15 is 0 Å². The number of hydrogen-bond acceptors (Lipinski definition) is 5. The van der Waals surface area contributed by atoms with Gasteiger partial charge in [0.2, 0.25) is 11.7 Å². The Balaban J connectivity index is 1.51. The SMILES string of the molecule is C[C@H]1CCCN(C(=O)CCCn2nnc(-c3ccccc3)n2)[C@H]1CN. The van der Waals surface area contributed by atoms with Crippen LogP contribution in [0.15, 0.2) is 30.3 Å². The molecule has 0 radical (unpaired) electrons. The average molecular weight is 342 g/mol. The predicted molar refractivity (Wildman–Crippen MR) is 95.4 cm³/mol. The number of aromatic nitrogens is 4. The molecule has 1 aliphatic rings. The number of aryl methyl sites for hydroxylation is 1. The van der Waals surface area contributed by atoms with Gasteiger partial charge in [0, 0.05) is 31.1 Å². The topological polar surface area (TPSA) is 89.9 Å². The van der Waals surface area contributed by atoms with Crippen LogP contribution in [0.2, 0.25) is 0 Å². The molecule has 7 heteroatoms. The summed E-state index contributed by atoms with van der Waals surface area (Å²) in [5.41, 5.74) is 6.82. The summed E-state index contributed by atoms with van der Waals surface area (Å²) >= 11 is 0. The quantitative estimate of drug-likeness (QED) is 0.863. The third-order valence-electron chi connectivity index (χ3n) is 4.91. The third-order valence-corrected chi connectivity index (χ3v) is 4.91. The lowest BCUT2D eigenvalue weighted by molar-refractivity contribution is -0.136. The minimum absolute atomic E-state index is 0.176. The first kappa shape index (κ1) is 17.5. The van der Waals surface area contributed by atoms with E-state index in [2.05, 4.69) is 22.3 Å². The van der Waals surface area contributed by atoms with Gasteiger partial charge >= 0.3 is 0 Å². The molecule has 1 saturated heterocycles. The fraction of sp³-hybridized carbons (Fsp3) is 0.556. The third kappa shape index (κ3) is 4.22. The summed E-state index contributed by atoms with van der Waals surface area (Å²) in [5.74, 6) is 1.28. The first-order valence-corrected chi connectivity index (χ1v) is 9.02. The van der Waals surface area contributed by atoms with Crippen molar-refractivity contribution < 1.29 is 4.79 Å². The Bertz CT molecular complexity index is 686. The van der Waals surface area contributed by atoms with E-state index in [9.17, 15) is 4.79 Å². The van der Waals surface area contributed by atoms with Crippen LogP contribution in [0.4, 0.5) is 0 Å². The molecule has 1 aliphatic heterocycles. The number of rotatable bonds is 6. The van der Waals surface area contributed by atoms with Crippen molar-refractivity contribution in [2.24, 2.45) is 11.7 Å². The van der Waals surface area contributed by atoms with Crippen molar-refractivity contribution in [3.63, 3.8) is 0 Å². The summed E-state index contributed by atoms with van der Waals surface area (Å²) in [6.07, 6.45) is 3.41. The van der Waals surface area contributed by atoms with E-state index in [-0.39, 0.29) is 11.9 Å². The van der Waals surface area contributed by atoms with Crippen LogP contribution in [-0.4, -0.2) is 50.1 Å². The molecular formula is C18H26N6O. The zero-order valence-corrected chi connectivity index (χ0v) is 14.7. The lowest BCUT2D eigenvalue weighted by atomic mass is 9.90. The lowest BCUT2D eigenvalue weighted by Crippen LogP contribution is -2.51. The van der Waals surface area contributed by atoms with Crippen molar-refractivity contribution in [1.82, 2.24) is 25.1 Å². The number of hydrogen-bond donors (Lipinski definition) is 1. The molecule has 2 aromatic rings. The Morgan fingerprint density at radius 3 is 2.88 bits per heavy atom. The van der Waals surface area contributed by atoms with Crippen molar-refractivity contribution in [2.75, 3.05) is 13.1 Å². The molecule has 2 heterocycles. The summed E-state index contributed by atoms with van der Waals surface area (Å²) in [6.45, 7) is 4.13. The van der Waals surface area contributed by atoms with Crippen molar-refractivity contribution in [2.45, 2.75) is 45.2 Å². The summed E-state index contributed by atoms with van der Waals surface area (Å²) in [7, 11) is 0. The van der Waals surface area contributed by atoms with Crippen molar-refractivity contribution in [3.05, 3.63) is 30.3 Å². The molecule has 3 rings (SSSR count).